The van der Waals surface area contributed by atoms with Gasteiger partial charge in [-0.2, -0.15) is 0 Å². The fraction of sp³-hybridized carbons (Fsp3) is 0.769. The van der Waals surface area contributed by atoms with E-state index in [1.54, 1.807) is 6.08 Å². The van der Waals surface area contributed by atoms with Crippen molar-refractivity contribution in [2.75, 3.05) is 26.2 Å². The number of hydrogen-bond donors (Lipinski definition) is 2. The summed E-state index contributed by atoms with van der Waals surface area (Å²) < 4.78 is 0. The van der Waals surface area contributed by atoms with Crippen LogP contribution >= 0.6 is 0 Å². The molecule has 17 heavy (non-hydrogen) atoms. The van der Waals surface area contributed by atoms with Crippen molar-refractivity contribution in [3.05, 3.63) is 12.7 Å². The summed E-state index contributed by atoms with van der Waals surface area (Å²) in [5.41, 5.74) is 0. The molecule has 0 aliphatic carbocycles. The molecule has 1 rings (SSSR count). The molecule has 0 radical (unpaired) electrons. The standard InChI is InChI=1S/C13H25N3O/c1-4-7-14-13(17)10-16-9-11(5-2)15-8-12(16)6-3/h4,11-12,15H,1,5-10H2,2-3H3,(H,14,17). The van der Waals surface area contributed by atoms with Gasteiger partial charge in [0.2, 0.25) is 5.91 Å². The van der Waals surface area contributed by atoms with E-state index >= 15 is 0 Å². The highest BCUT2D eigenvalue weighted by Gasteiger charge is 2.26. The highest BCUT2D eigenvalue weighted by atomic mass is 16.2. The molecule has 2 unspecified atom stereocenters. The normalized spacial score (nSPS) is 25.5. The van der Waals surface area contributed by atoms with Crippen molar-refractivity contribution in [3.63, 3.8) is 0 Å². The molecule has 0 saturated carbocycles. The lowest BCUT2D eigenvalue weighted by Gasteiger charge is -2.39. The maximum absolute atomic E-state index is 11.7. The minimum atomic E-state index is 0.0973. The van der Waals surface area contributed by atoms with Gasteiger partial charge in [-0.05, 0) is 12.8 Å². The first kappa shape index (κ1) is 14.2. The Kier molecular flexibility index (Phi) is 6.22. The van der Waals surface area contributed by atoms with E-state index in [1.165, 1.54) is 0 Å². The second kappa shape index (κ2) is 7.45. The molecular formula is C13H25N3O. The molecule has 0 spiro atoms. The van der Waals surface area contributed by atoms with Gasteiger partial charge >= 0.3 is 0 Å². The second-order valence-corrected chi connectivity index (χ2v) is 4.60. The van der Waals surface area contributed by atoms with Crippen LogP contribution in [0.3, 0.4) is 0 Å². The van der Waals surface area contributed by atoms with E-state index in [1.807, 2.05) is 0 Å². The summed E-state index contributed by atoms with van der Waals surface area (Å²) in [4.78, 5) is 14.0. The summed E-state index contributed by atoms with van der Waals surface area (Å²) in [5, 5.41) is 6.36. The molecule has 2 N–H and O–H groups in total. The zero-order chi connectivity index (χ0) is 12.7. The number of amides is 1. The lowest BCUT2D eigenvalue weighted by molar-refractivity contribution is -0.123. The zero-order valence-corrected chi connectivity index (χ0v) is 11.0. The van der Waals surface area contributed by atoms with Gasteiger partial charge in [0, 0.05) is 31.7 Å². The Labute approximate surface area is 104 Å². The van der Waals surface area contributed by atoms with E-state index in [2.05, 4.69) is 36.0 Å². The average Bonchev–Trinajstić information content (AvgIpc) is 2.36. The summed E-state index contributed by atoms with van der Waals surface area (Å²) >= 11 is 0. The van der Waals surface area contributed by atoms with Crippen LogP contribution in [0.1, 0.15) is 26.7 Å². The fourth-order valence-corrected chi connectivity index (χ4v) is 2.22. The van der Waals surface area contributed by atoms with Crippen LogP contribution in [0.2, 0.25) is 0 Å². The molecule has 0 aromatic carbocycles. The van der Waals surface area contributed by atoms with Crippen LogP contribution in [-0.4, -0.2) is 49.1 Å². The van der Waals surface area contributed by atoms with Crippen LogP contribution in [0.5, 0.6) is 0 Å². The number of nitrogens with one attached hydrogen (secondary N) is 2. The van der Waals surface area contributed by atoms with Crippen LogP contribution in [0.15, 0.2) is 12.7 Å². The molecule has 1 amide bonds. The summed E-state index contributed by atoms with van der Waals surface area (Å²) in [6, 6.07) is 0.997. The van der Waals surface area contributed by atoms with Gasteiger partial charge in [-0.3, -0.25) is 9.69 Å². The van der Waals surface area contributed by atoms with Crippen LogP contribution in [0.25, 0.3) is 0 Å². The lowest BCUT2D eigenvalue weighted by Crippen LogP contribution is -2.58. The minimum Gasteiger partial charge on any atom is -0.352 e. The Hall–Kier alpha value is -0.870. The van der Waals surface area contributed by atoms with Gasteiger partial charge in [-0.25, -0.2) is 0 Å². The topological polar surface area (TPSA) is 44.4 Å². The predicted octanol–water partition coefficient (Wildman–Crippen LogP) is 0.751. The van der Waals surface area contributed by atoms with Crippen molar-refractivity contribution in [2.45, 2.75) is 38.8 Å². The molecule has 2 atom stereocenters. The van der Waals surface area contributed by atoms with Crippen LogP contribution in [0.4, 0.5) is 0 Å². The first-order valence-corrected chi connectivity index (χ1v) is 6.56. The Morgan fingerprint density at radius 3 is 2.88 bits per heavy atom. The average molecular weight is 239 g/mol. The van der Waals surface area contributed by atoms with Gasteiger partial charge in [0.15, 0.2) is 0 Å². The quantitative estimate of drug-likeness (QED) is 0.672. The molecule has 4 nitrogen and oxygen atoms in total. The second-order valence-electron chi connectivity index (χ2n) is 4.60. The fourth-order valence-electron chi connectivity index (χ4n) is 2.22. The summed E-state index contributed by atoms with van der Waals surface area (Å²) in [7, 11) is 0. The van der Waals surface area contributed by atoms with Gasteiger partial charge in [-0.15, -0.1) is 6.58 Å². The van der Waals surface area contributed by atoms with Crippen molar-refractivity contribution in [3.8, 4) is 0 Å². The van der Waals surface area contributed by atoms with E-state index < -0.39 is 0 Å². The molecule has 0 aromatic rings. The Morgan fingerprint density at radius 2 is 2.29 bits per heavy atom. The molecule has 1 aliphatic heterocycles. The van der Waals surface area contributed by atoms with Crippen molar-refractivity contribution >= 4 is 5.91 Å². The van der Waals surface area contributed by atoms with Gasteiger partial charge in [0.1, 0.15) is 0 Å². The summed E-state index contributed by atoms with van der Waals surface area (Å²) in [5.74, 6) is 0.0973. The van der Waals surface area contributed by atoms with Crippen LogP contribution < -0.4 is 10.6 Å². The Morgan fingerprint density at radius 1 is 1.53 bits per heavy atom. The van der Waals surface area contributed by atoms with Gasteiger partial charge < -0.3 is 10.6 Å². The van der Waals surface area contributed by atoms with Crippen molar-refractivity contribution in [1.29, 1.82) is 0 Å². The number of rotatable bonds is 6. The smallest absolute Gasteiger partial charge is 0.234 e. The molecule has 0 aromatic heterocycles. The maximum atomic E-state index is 11.7. The third-order valence-corrected chi connectivity index (χ3v) is 3.37. The minimum absolute atomic E-state index is 0.0973. The zero-order valence-electron chi connectivity index (χ0n) is 11.0. The Bertz CT molecular complexity index is 255. The number of carbonyl (C=O) groups excluding carboxylic acids is 1. The van der Waals surface area contributed by atoms with E-state index in [9.17, 15) is 4.79 Å². The van der Waals surface area contributed by atoms with Gasteiger partial charge in [0.25, 0.3) is 0 Å². The molecule has 0 bridgehead atoms. The van der Waals surface area contributed by atoms with Crippen LogP contribution in [-0.2, 0) is 4.79 Å². The van der Waals surface area contributed by atoms with Crippen molar-refractivity contribution < 1.29 is 4.79 Å². The number of carbonyl (C=O) groups is 1. The number of hydrogen-bond acceptors (Lipinski definition) is 3. The van der Waals surface area contributed by atoms with Crippen LogP contribution in [0, 0.1) is 0 Å². The summed E-state index contributed by atoms with van der Waals surface area (Å²) in [6.45, 7) is 11.0. The molecular weight excluding hydrogens is 214 g/mol. The van der Waals surface area contributed by atoms with E-state index in [4.69, 9.17) is 0 Å². The maximum Gasteiger partial charge on any atom is 0.234 e. The number of piperazine rings is 1. The molecule has 1 heterocycles. The van der Waals surface area contributed by atoms with E-state index in [-0.39, 0.29) is 5.91 Å². The van der Waals surface area contributed by atoms with E-state index in [0.717, 1.165) is 25.9 Å². The van der Waals surface area contributed by atoms with E-state index in [0.29, 0.717) is 25.2 Å². The highest BCUT2D eigenvalue weighted by Crippen LogP contribution is 2.11. The molecule has 98 valence electrons. The first-order chi connectivity index (χ1) is 8.21. The Balaban J connectivity index is 2.45. The third kappa shape index (κ3) is 4.48. The predicted molar refractivity (Wildman–Crippen MR) is 70.9 cm³/mol. The first-order valence-electron chi connectivity index (χ1n) is 6.56. The molecule has 4 heteroatoms. The van der Waals surface area contributed by atoms with Gasteiger partial charge in [0.05, 0.1) is 6.54 Å². The number of nitrogens with zero attached hydrogens (tertiary/aromatic N) is 1. The SMILES string of the molecule is C=CCNC(=O)CN1CC(CC)NCC1CC. The van der Waals surface area contributed by atoms with Gasteiger partial charge in [-0.1, -0.05) is 19.9 Å². The van der Waals surface area contributed by atoms with Crippen molar-refractivity contribution in [1.82, 2.24) is 15.5 Å². The lowest BCUT2D eigenvalue weighted by atomic mass is 10.1. The molecule has 1 saturated heterocycles. The largest absolute Gasteiger partial charge is 0.352 e. The van der Waals surface area contributed by atoms with Crippen molar-refractivity contribution in [2.24, 2.45) is 0 Å². The molecule has 1 aliphatic rings. The molecule has 1 fully saturated rings. The highest BCUT2D eigenvalue weighted by molar-refractivity contribution is 5.78. The third-order valence-electron chi connectivity index (χ3n) is 3.37. The summed E-state index contributed by atoms with van der Waals surface area (Å²) in [6.07, 6.45) is 3.90. The monoisotopic (exact) mass is 239 g/mol.